The minimum absolute atomic E-state index is 0.390. The number of aryl methyl sites for hydroxylation is 1. The van der Waals surface area contributed by atoms with Gasteiger partial charge in [0.2, 0.25) is 10.6 Å². The van der Waals surface area contributed by atoms with Gasteiger partial charge in [-0.2, -0.15) is 0 Å². The second-order valence-electron chi connectivity index (χ2n) is 4.75. The number of aromatic nitrogens is 2. The number of nitrogens with zero attached hydrogens (tertiary/aromatic N) is 2. The maximum absolute atomic E-state index is 11.3. The van der Waals surface area contributed by atoms with E-state index in [4.69, 9.17) is 9.52 Å². The van der Waals surface area contributed by atoms with E-state index in [1.54, 1.807) is 0 Å². The van der Waals surface area contributed by atoms with Gasteiger partial charge in [0.05, 0.1) is 5.75 Å². The average molecular weight is 347 g/mol. The van der Waals surface area contributed by atoms with Crippen LogP contribution in [-0.4, -0.2) is 15.3 Å². The summed E-state index contributed by atoms with van der Waals surface area (Å²) < 4.78 is 5.90. The molecule has 118 valence electrons. The lowest BCUT2D eigenvalue weighted by molar-refractivity contribution is 0.419. The van der Waals surface area contributed by atoms with Gasteiger partial charge in [-0.25, -0.2) is 0 Å². The fourth-order valence-corrected chi connectivity index (χ4v) is 3.39. The SMILES string of the molecule is Cc1ccc(Nc2nnc(SCc3cc(=O)c(O)co3)s2)cc1. The van der Waals surface area contributed by atoms with Crippen LogP contribution in [0.4, 0.5) is 10.8 Å². The van der Waals surface area contributed by atoms with Crippen molar-refractivity contribution in [2.24, 2.45) is 0 Å². The highest BCUT2D eigenvalue weighted by molar-refractivity contribution is 8.00. The van der Waals surface area contributed by atoms with Gasteiger partial charge in [0, 0.05) is 11.8 Å². The second-order valence-corrected chi connectivity index (χ2v) is 6.95. The highest BCUT2D eigenvalue weighted by Crippen LogP contribution is 2.29. The van der Waals surface area contributed by atoms with Crippen LogP contribution in [0.1, 0.15) is 11.3 Å². The Morgan fingerprint density at radius 2 is 2.09 bits per heavy atom. The standard InChI is InChI=1S/C15H13N3O3S2/c1-9-2-4-10(5-3-9)16-14-17-18-15(23-14)22-8-11-6-12(19)13(20)7-21-11/h2-7,20H,8H2,1H3,(H,16,17). The molecule has 23 heavy (non-hydrogen) atoms. The van der Waals surface area contributed by atoms with E-state index < -0.39 is 5.43 Å². The Hall–Kier alpha value is -2.32. The van der Waals surface area contributed by atoms with E-state index in [0.717, 1.165) is 16.3 Å². The summed E-state index contributed by atoms with van der Waals surface area (Å²) in [6, 6.07) is 9.27. The van der Waals surface area contributed by atoms with Crippen LogP contribution in [0.25, 0.3) is 0 Å². The number of benzene rings is 1. The largest absolute Gasteiger partial charge is 0.502 e. The quantitative estimate of drug-likeness (QED) is 0.682. The molecule has 0 spiro atoms. The van der Waals surface area contributed by atoms with Gasteiger partial charge in [0.25, 0.3) is 0 Å². The number of anilines is 2. The van der Waals surface area contributed by atoms with Crippen molar-refractivity contribution in [3.8, 4) is 5.75 Å². The Morgan fingerprint density at radius 1 is 1.30 bits per heavy atom. The van der Waals surface area contributed by atoms with Crippen molar-refractivity contribution in [1.29, 1.82) is 0 Å². The molecule has 0 aliphatic rings. The van der Waals surface area contributed by atoms with Gasteiger partial charge < -0.3 is 14.8 Å². The number of hydrogen-bond acceptors (Lipinski definition) is 8. The molecule has 6 nitrogen and oxygen atoms in total. The fourth-order valence-electron chi connectivity index (χ4n) is 1.73. The predicted molar refractivity (Wildman–Crippen MR) is 90.6 cm³/mol. The summed E-state index contributed by atoms with van der Waals surface area (Å²) in [6.07, 6.45) is 1.04. The normalized spacial score (nSPS) is 10.7. The minimum Gasteiger partial charge on any atom is -0.502 e. The Kier molecular flexibility index (Phi) is 4.63. The van der Waals surface area contributed by atoms with Crippen molar-refractivity contribution in [3.63, 3.8) is 0 Å². The van der Waals surface area contributed by atoms with E-state index in [-0.39, 0.29) is 5.75 Å². The van der Waals surface area contributed by atoms with Crippen LogP contribution in [0.2, 0.25) is 0 Å². The monoisotopic (exact) mass is 347 g/mol. The van der Waals surface area contributed by atoms with Gasteiger partial charge in [-0.05, 0) is 19.1 Å². The predicted octanol–water partition coefficient (Wildman–Crippen LogP) is 3.54. The topological polar surface area (TPSA) is 88.2 Å². The molecule has 0 radical (unpaired) electrons. The van der Waals surface area contributed by atoms with Crippen LogP contribution in [0.15, 0.2) is 50.1 Å². The van der Waals surface area contributed by atoms with Gasteiger partial charge in [-0.15, -0.1) is 10.2 Å². The first-order valence-corrected chi connectivity index (χ1v) is 8.51. The van der Waals surface area contributed by atoms with Gasteiger partial charge in [-0.1, -0.05) is 40.8 Å². The molecule has 2 N–H and O–H groups in total. The molecule has 0 aliphatic carbocycles. The summed E-state index contributed by atoms with van der Waals surface area (Å²) in [5.41, 5.74) is 1.69. The van der Waals surface area contributed by atoms with Gasteiger partial charge in [0.1, 0.15) is 12.0 Å². The van der Waals surface area contributed by atoms with Gasteiger partial charge in [0.15, 0.2) is 10.1 Å². The lowest BCUT2D eigenvalue weighted by atomic mass is 10.2. The van der Waals surface area contributed by atoms with E-state index in [9.17, 15) is 4.79 Å². The van der Waals surface area contributed by atoms with Crippen molar-refractivity contribution in [2.45, 2.75) is 17.0 Å². The molecule has 0 fully saturated rings. The van der Waals surface area contributed by atoms with Crippen LogP contribution >= 0.6 is 23.1 Å². The molecule has 0 saturated carbocycles. The van der Waals surface area contributed by atoms with Crippen molar-refractivity contribution >= 4 is 33.9 Å². The summed E-state index contributed by atoms with van der Waals surface area (Å²) in [6.45, 7) is 2.03. The van der Waals surface area contributed by atoms with Gasteiger partial charge >= 0.3 is 0 Å². The highest BCUT2D eigenvalue weighted by Gasteiger charge is 2.08. The first kappa shape index (κ1) is 15.6. The van der Waals surface area contributed by atoms with E-state index in [1.165, 1.54) is 34.7 Å². The number of nitrogens with one attached hydrogen (secondary N) is 1. The first-order chi connectivity index (χ1) is 11.1. The summed E-state index contributed by atoms with van der Waals surface area (Å²) in [5.74, 6) is 0.523. The summed E-state index contributed by atoms with van der Waals surface area (Å²) in [5, 5.41) is 21.2. The molecule has 8 heteroatoms. The van der Waals surface area contributed by atoms with E-state index in [2.05, 4.69) is 15.5 Å². The third-order valence-corrected chi connectivity index (χ3v) is 4.91. The lowest BCUT2D eigenvalue weighted by Crippen LogP contribution is -1.98. The maximum atomic E-state index is 11.3. The van der Waals surface area contributed by atoms with Crippen LogP contribution < -0.4 is 10.7 Å². The Balaban J connectivity index is 1.61. The molecule has 2 aromatic heterocycles. The molecular weight excluding hydrogens is 334 g/mol. The van der Waals surface area contributed by atoms with E-state index in [1.807, 2.05) is 31.2 Å². The minimum atomic E-state index is -0.453. The summed E-state index contributed by atoms with van der Waals surface area (Å²) in [4.78, 5) is 11.3. The third-order valence-electron chi connectivity index (χ3n) is 2.91. The van der Waals surface area contributed by atoms with Crippen LogP contribution in [0.3, 0.4) is 0 Å². The van der Waals surface area contributed by atoms with E-state index >= 15 is 0 Å². The number of aromatic hydroxyl groups is 1. The average Bonchev–Trinajstić information content (AvgIpc) is 2.98. The zero-order valence-corrected chi connectivity index (χ0v) is 13.8. The van der Waals surface area contributed by atoms with Crippen LogP contribution in [-0.2, 0) is 5.75 Å². The van der Waals surface area contributed by atoms with Crippen molar-refractivity contribution in [2.75, 3.05) is 5.32 Å². The van der Waals surface area contributed by atoms with E-state index in [0.29, 0.717) is 16.6 Å². The molecular formula is C15H13N3O3S2. The highest BCUT2D eigenvalue weighted by atomic mass is 32.2. The number of thioether (sulfide) groups is 1. The molecule has 0 bridgehead atoms. The number of hydrogen-bond donors (Lipinski definition) is 2. The lowest BCUT2D eigenvalue weighted by Gasteiger charge is -2.01. The van der Waals surface area contributed by atoms with Crippen LogP contribution in [0.5, 0.6) is 5.75 Å². The van der Waals surface area contributed by atoms with Crippen molar-refractivity contribution in [1.82, 2.24) is 10.2 Å². The molecule has 3 rings (SSSR count). The smallest absolute Gasteiger partial charge is 0.226 e. The molecule has 1 aromatic carbocycles. The molecule has 3 aromatic rings. The van der Waals surface area contributed by atoms with Crippen molar-refractivity contribution in [3.05, 3.63) is 58.1 Å². The summed E-state index contributed by atoms with van der Waals surface area (Å²) in [7, 11) is 0. The fraction of sp³-hybridized carbons (Fsp3) is 0.133. The molecule has 2 heterocycles. The molecule has 0 aliphatic heterocycles. The third kappa shape index (κ3) is 4.11. The Labute approximate surface area is 140 Å². The molecule has 0 saturated heterocycles. The Bertz CT molecular complexity index is 859. The van der Waals surface area contributed by atoms with Crippen molar-refractivity contribution < 1.29 is 9.52 Å². The molecule has 0 unspecified atom stereocenters. The molecule has 0 atom stereocenters. The maximum Gasteiger partial charge on any atom is 0.226 e. The zero-order chi connectivity index (χ0) is 16.2. The molecule has 0 amide bonds. The van der Waals surface area contributed by atoms with Crippen LogP contribution in [0, 0.1) is 6.92 Å². The first-order valence-electron chi connectivity index (χ1n) is 6.71. The Morgan fingerprint density at radius 3 is 2.83 bits per heavy atom. The number of rotatable bonds is 5. The summed E-state index contributed by atoms with van der Waals surface area (Å²) >= 11 is 2.83. The second kappa shape index (κ2) is 6.84. The zero-order valence-electron chi connectivity index (χ0n) is 12.1. The van der Waals surface area contributed by atoms with Gasteiger partial charge in [-0.3, -0.25) is 4.79 Å².